The van der Waals surface area contributed by atoms with Gasteiger partial charge in [-0.15, -0.1) is 0 Å². The van der Waals surface area contributed by atoms with Gasteiger partial charge in [0.05, 0.1) is 0 Å². The Bertz CT molecular complexity index is 211. The van der Waals surface area contributed by atoms with E-state index in [2.05, 4.69) is 38.7 Å². The molecule has 0 saturated carbocycles. The first kappa shape index (κ1) is 9.37. The first-order chi connectivity index (χ1) is 5.53. The van der Waals surface area contributed by atoms with E-state index in [1.54, 1.807) is 0 Å². The van der Waals surface area contributed by atoms with Crippen LogP contribution in [-0.4, -0.2) is 6.54 Å². The van der Waals surface area contributed by atoms with E-state index in [1.807, 2.05) is 0 Å². The van der Waals surface area contributed by atoms with E-state index in [9.17, 15) is 0 Å². The highest BCUT2D eigenvalue weighted by Crippen LogP contribution is 2.34. The van der Waals surface area contributed by atoms with E-state index >= 15 is 0 Å². The number of rotatable bonds is 2. The van der Waals surface area contributed by atoms with Crippen molar-refractivity contribution in [2.45, 2.75) is 33.6 Å². The maximum atomic E-state index is 4.06. The fourth-order valence-electron chi connectivity index (χ4n) is 1.89. The first-order valence-corrected chi connectivity index (χ1v) is 4.66. The minimum absolute atomic E-state index is 0.298. The largest absolute Gasteiger partial charge is 0.389 e. The van der Waals surface area contributed by atoms with Gasteiger partial charge in [-0.05, 0) is 18.8 Å². The van der Waals surface area contributed by atoms with Gasteiger partial charge in [0.15, 0.2) is 0 Å². The number of nitrogens with one attached hydrogen (secondary N) is 1. The van der Waals surface area contributed by atoms with Crippen molar-refractivity contribution < 1.29 is 0 Å². The zero-order valence-electron chi connectivity index (χ0n) is 8.41. The first-order valence-electron chi connectivity index (χ1n) is 4.66. The summed E-state index contributed by atoms with van der Waals surface area (Å²) in [6, 6.07) is 0. The maximum Gasteiger partial charge on any atom is 0.0115 e. The zero-order valence-corrected chi connectivity index (χ0v) is 8.41. The quantitative estimate of drug-likeness (QED) is 0.620. The van der Waals surface area contributed by atoms with Crippen LogP contribution in [0.2, 0.25) is 0 Å². The number of hydrogen-bond donors (Lipinski definition) is 1. The molecule has 0 saturated heterocycles. The van der Waals surface area contributed by atoms with Gasteiger partial charge in [-0.1, -0.05) is 32.1 Å². The normalized spacial score (nSPS) is 21.9. The number of allylic oxidation sites excluding steroid dienone is 2. The standard InChI is InChI=1S/C11H19N/c1-5-12-10-6-9(2)7-11(3,4)8-10/h8,12H,2,5-7H2,1,3-4H3. The molecule has 0 heterocycles. The topological polar surface area (TPSA) is 12.0 Å². The third-order valence-electron chi connectivity index (χ3n) is 2.11. The molecule has 1 N–H and O–H groups in total. The lowest BCUT2D eigenvalue weighted by Crippen LogP contribution is -2.22. The van der Waals surface area contributed by atoms with Crippen molar-refractivity contribution in [3.8, 4) is 0 Å². The average Bonchev–Trinajstić information content (AvgIpc) is 1.82. The van der Waals surface area contributed by atoms with Gasteiger partial charge < -0.3 is 5.32 Å². The Labute approximate surface area is 75.6 Å². The SMILES string of the molecule is C=C1CC(NCC)=CC(C)(C)C1. The van der Waals surface area contributed by atoms with Crippen molar-refractivity contribution in [1.29, 1.82) is 0 Å². The molecule has 0 bridgehead atoms. The maximum absolute atomic E-state index is 4.06. The molecule has 0 atom stereocenters. The molecular formula is C11H19N. The lowest BCUT2D eigenvalue weighted by molar-refractivity contribution is 0.445. The van der Waals surface area contributed by atoms with E-state index in [0.717, 1.165) is 19.4 Å². The van der Waals surface area contributed by atoms with Gasteiger partial charge >= 0.3 is 0 Å². The molecule has 0 spiro atoms. The smallest absolute Gasteiger partial charge is 0.0115 e. The van der Waals surface area contributed by atoms with Crippen LogP contribution in [0.4, 0.5) is 0 Å². The van der Waals surface area contributed by atoms with E-state index in [1.165, 1.54) is 11.3 Å². The van der Waals surface area contributed by atoms with Crippen molar-refractivity contribution in [1.82, 2.24) is 5.32 Å². The van der Waals surface area contributed by atoms with Crippen LogP contribution < -0.4 is 5.32 Å². The van der Waals surface area contributed by atoms with Crippen LogP contribution in [0.5, 0.6) is 0 Å². The molecule has 1 nitrogen and oxygen atoms in total. The van der Waals surface area contributed by atoms with Gasteiger partial charge in [-0.2, -0.15) is 0 Å². The Kier molecular flexibility index (Phi) is 2.61. The molecule has 1 aliphatic carbocycles. The molecular weight excluding hydrogens is 146 g/mol. The van der Waals surface area contributed by atoms with Crippen LogP contribution in [0, 0.1) is 5.41 Å². The Morgan fingerprint density at radius 2 is 2.25 bits per heavy atom. The summed E-state index contributed by atoms with van der Waals surface area (Å²) < 4.78 is 0. The monoisotopic (exact) mass is 165 g/mol. The molecule has 1 aliphatic rings. The van der Waals surface area contributed by atoms with Crippen molar-refractivity contribution >= 4 is 0 Å². The van der Waals surface area contributed by atoms with Crippen molar-refractivity contribution in [3.63, 3.8) is 0 Å². The second-order valence-electron chi connectivity index (χ2n) is 4.29. The summed E-state index contributed by atoms with van der Waals surface area (Å²) in [6.07, 6.45) is 4.50. The van der Waals surface area contributed by atoms with Gasteiger partial charge in [-0.3, -0.25) is 0 Å². The molecule has 1 rings (SSSR count). The zero-order chi connectivity index (χ0) is 9.19. The van der Waals surface area contributed by atoms with Crippen LogP contribution >= 0.6 is 0 Å². The summed E-state index contributed by atoms with van der Waals surface area (Å²) in [5.74, 6) is 0. The summed E-state index contributed by atoms with van der Waals surface area (Å²) in [4.78, 5) is 0. The van der Waals surface area contributed by atoms with Crippen LogP contribution in [0.1, 0.15) is 33.6 Å². The molecule has 0 aliphatic heterocycles. The summed E-state index contributed by atoms with van der Waals surface area (Å²) in [5, 5.41) is 3.37. The molecule has 0 aromatic carbocycles. The van der Waals surface area contributed by atoms with Gasteiger partial charge in [0.2, 0.25) is 0 Å². The number of hydrogen-bond acceptors (Lipinski definition) is 1. The molecule has 0 aromatic rings. The molecule has 12 heavy (non-hydrogen) atoms. The van der Waals surface area contributed by atoms with Crippen molar-refractivity contribution in [2.24, 2.45) is 5.41 Å². The Morgan fingerprint density at radius 3 is 2.75 bits per heavy atom. The van der Waals surface area contributed by atoms with Crippen LogP contribution in [0.3, 0.4) is 0 Å². The Hall–Kier alpha value is -0.720. The highest BCUT2D eigenvalue weighted by molar-refractivity contribution is 5.22. The van der Waals surface area contributed by atoms with Gasteiger partial charge in [0.25, 0.3) is 0 Å². The molecule has 0 radical (unpaired) electrons. The fraction of sp³-hybridized carbons (Fsp3) is 0.636. The highest BCUT2D eigenvalue weighted by Gasteiger charge is 2.22. The second-order valence-corrected chi connectivity index (χ2v) is 4.29. The molecule has 0 fully saturated rings. The Balaban J connectivity index is 2.73. The molecule has 68 valence electrons. The van der Waals surface area contributed by atoms with Crippen LogP contribution in [-0.2, 0) is 0 Å². The summed E-state index contributed by atoms with van der Waals surface area (Å²) in [6.45, 7) is 11.7. The molecule has 0 unspecified atom stereocenters. The van der Waals surface area contributed by atoms with Gasteiger partial charge in [0, 0.05) is 18.7 Å². The van der Waals surface area contributed by atoms with E-state index in [4.69, 9.17) is 0 Å². The molecule has 0 aromatic heterocycles. The molecule has 0 amide bonds. The van der Waals surface area contributed by atoms with Gasteiger partial charge in [-0.25, -0.2) is 0 Å². The lowest BCUT2D eigenvalue weighted by Gasteiger charge is -2.29. The third-order valence-corrected chi connectivity index (χ3v) is 2.11. The summed E-state index contributed by atoms with van der Waals surface area (Å²) in [7, 11) is 0. The summed E-state index contributed by atoms with van der Waals surface area (Å²) >= 11 is 0. The predicted molar refractivity (Wildman–Crippen MR) is 53.9 cm³/mol. The van der Waals surface area contributed by atoms with Gasteiger partial charge in [0.1, 0.15) is 0 Å². The van der Waals surface area contributed by atoms with Crippen LogP contribution in [0.15, 0.2) is 23.9 Å². The van der Waals surface area contributed by atoms with E-state index < -0.39 is 0 Å². The van der Waals surface area contributed by atoms with Crippen LogP contribution in [0.25, 0.3) is 0 Å². The van der Waals surface area contributed by atoms with Crippen molar-refractivity contribution in [3.05, 3.63) is 23.9 Å². The van der Waals surface area contributed by atoms with Crippen molar-refractivity contribution in [2.75, 3.05) is 6.54 Å². The minimum atomic E-state index is 0.298. The average molecular weight is 165 g/mol. The van der Waals surface area contributed by atoms with E-state index in [-0.39, 0.29) is 0 Å². The second kappa shape index (κ2) is 3.34. The van der Waals surface area contributed by atoms with E-state index in [0.29, 0.717) is 5.41 Å². The fourth-order valence-corrected chi connectivity index (χ4v) is 1.89. The summed E-state index contributed by atoms with van der Waals surface area (Å²) in [5.41, 5.74) is 2.99. The molecule has 1 heteroatoms. The highest BCUT2D eigenvalue weighted by atomic mass is 14.9. The lowest BCUT2D eigenvalue weighted by atomic mass is 9.79. The third kappa shape index (κ3) is 2.40. The predicted octanol–water partition coefficient (Wildman–Crippen LogP) is 2.86. The minimum Gasteiger partial charge on any atom is -0.389 e. The Morgan fingerprint density at radius 1 is 1.58 bits per heavy atom.